The van der Waals surface area contributed by atoms with Gasteiger partial charge in [0.05, 0.1) is 5.69 Å². The topological polar surface area (TPSA) is 49.8 Å². The Morgan fingerprint density at radius 3 is 2.42 bits per heavy atom. The van der Waals surface area contributed by atoms with Crippen LogP contribution in [0.25, 0.3) is 0 Å². The van der Waals surface area contributed by atoms with Gasteiger partial charge in [-0.1, -0.05) is 31.2 Å². The normalized spacial score (nSPS) is 16.9. The van der Waals surface area contributed by atoms with E-state index in [4.69, 9.17) is 4.74 Å². The van der Waals surface area contributed by atoms with Crippen molar-refractivity contribution in [2.45, 2.75) is 45.8 Å². The molecule has 4 heteroatoms. The lowest BCUT2D eigenvalue weighted by atomic mass is 10.0. The predicted molar refractivity (Wildman–Crippen MR) is 94.7 cm³/mol. The highest BCUT2D eigenvalue weighted by atomic mass is 16.5. The molecule has 126 valence electrons. The summed E-state index contributed by atoms with van der Waals surface area (Å²) in [5.74, 6) is 0.698. The van der Waals surface area contributed by atoms with Crippen molar-refractivity contribution >= 4 is 11.6 Å². The predicted octanol–water partition coefficient (Wildman–Crippen LogP) is 3.70. The van der Waals surface area contributed by atoms with Crippen molar-refractivity contribution in [1.82, 2.24) is 0 Å². The van der Waals surface area contributed by atoms with Crippen LogP contribution in [0.4, 0.5) is 5.69 Å². The number of phenolic OH excluding ortho intramolecular Hbond substituents is 1. The number of hydrogen-bond acceptors (Lipinski definition) is 3. The van der Waals surface area contributed by atoms with E-state index in [9.17, 15) is 9.90 Å². The van der Waals surface area contributed by atoms with Crippen LogP contribution in [0.2, 0.25) is 0 Å². The van der Waals surface area contributed by atoms with Crippen molar-refractivity contribution in [3.8, 4) is 11.5 Å². The highest BCUT2D eigenvalue weighted by Crippen LogP contribution is 2.38. The molecule has 0 radical (unpaired) electrons. The number of aryl methyl sites for hydroxylation is 1. The number of hydrogen-bond donors (Lipinski definition) is 1. The fourth-order valence-corrected chi connectivity index (χ4v) is 3.06. The Bertz CT molecular complexity index is 737. The number of phenols is 1. The summed E-state index contributed by atoms with van der Waals surface area (Å²) in [5, 5.41) is 9.73. The Balaban J connectivity index is 1.89. The summed E-state index contributed by atoms with van der Waals surface area (Å²) in [7, 11) is 0. The Labute approximate surface area is 142 Å². The van der Waals surface area contributed by atoms with Gasteiger partial charge in [0.2, 0.25) is 0 Å². The second-order valence-corrected chi connectivity index (χ2v) is 6.43. The molecule has 3 rings (SSSR count). The Morgan fingerprint density at radius 1 is 1.12 bits per heavy atom. The van der Waals surface area contributed by atoms with E-state index in [1.165, 1.54) is 5.56 Å². The molecule has 24 heavy (non-hydrogen) atoms. The monoisotopic (exact) mass is 325 g/mol. The number of fused-ring (bicyclic) bond motifs is 1. The fourth-order valence-electron chi connectivity index (χ4n) is 3.06. The smallest absolute Gasteiger partial charge is 0.268 e. The molecule has 2 aromatic carbocycles. The summed E-state index contributed by atoms with van der Waals surface area (Å²) in [6.07, 6.45) is 0.987. The van der Waals surface area contributed by atoms with Gasteiger partial charge in [-0.3, -0.25) is 4.79 Å². The summed E-state index contributed by atoms with van der Waals surface area (Å²) in [5.41, 5.74) is 2.99. The van der Waals surface area contributed by atoms with E-state index in [1.807, 2.05) is 13.8 Å². The minimum absolute atomic E-state index is 0.00748. The van der Waals surface area contributed by atoms with E-state index in [-0.39, 0.29) is 17.7 Å². The van der Waals surface area contributed by atoms with Crippen molar-refractivity contribution in [1.29, 1.82) is 0 Å². The first-order valence-corrected chi connectivity index (χ1v) is 8.40. The Morgan fingerprint density at radius 2 is 1.79 bits per heavy atom. The van der Waals surface area contributed by atoms with Crippen molar-refractivity contribution in [2.75, 3.05) is 4.90 Å². The number of carbonyl (C=O) groups excluding carboxylic acids is 1. The number of carbonyl (C=O) groups is 1. The number of amides is 1. The van der Waals surface area contributed by atoms with Gasteiger partial charge in [-0.25, -0.2) is 0 Å². The van der Waals surface area contributed by atoms with E-state index >= 15 is 0 Å². The van der Waals surface area contributed by atoms with Crippen LogP contribution in [-0.2, 0) is 17.6 Å². The standard InChI is InChI=1S/C20H23NO3/c1-4-14-5-7-15(8-6-14)11-19-20(23)21(13(2)3)17-12-16(22)9-10-18(17)24-19/h5-10,12-13,19,22H,4,11H2,1-3H3. The van der Waals surface area contributed by atoms with Crippen molar-refractivity contribution in [3.63, 3.8) is 0 Å². The van der Waals surface area contributed by atoms with Crippen LogP contribution in [0.15, 0.2) is 42.5 Å². The second kappa shape index (κ2) is 6.56. The number of ether oxygens (including phenoxy) is 1. The van der Waals surface area contributed by atoms with Crippen LogP contribution in [-0.4, -0.2) is 23.2 Å². The summed E-state index contributed by atoms with van der Waals surface area (Å²) >= 11 is 0. The first kappa shape index (κ1) is 16.4. The molecule has 1 aliphatic rings. The molecular weight excluding hydrogens is 302 g/mol. The van der Waals surface area contributed by atoms with Gasteiger partial charge < -0.3 is 14.7 Å². The SMILES string of the molecule is CCc1ccc(CC2Oc3ccc(O)cc3N(C(C)C)C2=O)cc1. The largest absolute Gasteiger partial charge is 0.508 e. The van der Waals surface area contributed by atoms with Crippen molar-refractivity contribution in [3.05, 3.63) is 53.6 Å². The summed E-state index contributed by atoms with van der Waals surface area (Å²) in [6, 6.07) is 13.2. The molecule has 1 atom stereocenters. The van der Waals surface area contributed by atoms with E-state index in [0.29, 0.717) is 17.9 Å². The molecule has 1 heterocycles. The molecule has 0 aromatic heterocycles. The van der Waals surface area contributed by atoms with Gasteiger partial charge in [0.25, 0.3) is 5.91 Å². The molecule has 0 saturated carbocycles. The molecule has 0 spiro atoms. The molecule has 1 unspecified atom stereocenters. The molecule has 2 aromatic rings. The van der Waals surface area contributed by atoms with Gasteiger partial charge in [0, 0.05) is 18.5 Å². The van der Waals surface area contributed by atoms with Gasteiger partial charge >= 0.3 is 0 Å². The van der Waals surface area contributed by atoms with Crippen LogP contribution in [0, 0.1) is 0 Å². The lowest BCUT2D eigenvalue weighted by Crippen LogP contribution is -2.49. The highest BCUT2D eigenvalue weighted by molar-refractivity contribution is 6.00. The third-order valence-electron chi connectivity index (χ3n) is 4.35. The maximum Gasteiger partial charge on any atom is 0.268 e. The van der Waals surface area contributed by atoms with E-state index < -0.39 is 6.10 Å². The first-order chi connectivity index (χ1) is 11.5. The van der Waals surface area contributed by atoms with Crippen molar-refractivity contribution in [2.24, 2.45) is 0 Å². The number of anilines is 1. The average Bonchev–Trinajstić information content (AvgIpc) is 2.56. The Hall–Kier alpha value is -2.49. The van der Waals surface area contributed by atoms with Crippen LogP contribution in [0.5, 0.6) is 11.5 Å². The molecular formula is C20H23NO3. The summed E-state index contributed by atoms with van der Waals surface area (Å²) in [4.78, 5) is 14.6. The third kappa shape index (κ3) is 3.09. The van der Waals surface area contributed by atoms with Gasteiger partial charge in [-0.15, -0.1) is 0 Å². The van der Waals surface area contributed by atoms with Gasteiger partial charge in [-0.2, -0.15) is 0 Å². The zero-order valence-corrected chi connectivity index (χ0v) is 14.3. The van der Waals surface area contributed by atoms with Gasteiger partial charge in [0.15, 0.2) is 6.10 Å². The zero-order valence-electron chi connectivity index (χ0n) is 14.3. The summed E-state index contributed by atoms with van der Waals surface area (Å²) < 4.78 is 5.94. The lowest BCUT2D eigenvalue weighted by Gasteiger charge is -2.37. The zero-order chi connectivity index (χ0) is 17.3. The third-order valence-corrected chi connectivity index (χ3v) is 4.35. The number of rotatable bonds is 4. The van der Waals surface area contributed by atoms with Gasteiger partial charge in [0.1, 0.15) is 11.5 Å². The fraction of sp³-hybridized carbons (Fsp3) is 0.350. The van der Waals surface area contributed by atoms with Crippen LogP contribution in [0.3, 0.4) is 0 Å². The maximum absolute atomic E-state index is 12.9. The van der Waals surface area contributed by atoms with E-state index in [2.05, 4.69) is 31.2 Å². The molecule has 1 amide bonds. The average molecular weight is 325 g/mol. The molecule has 0 saturated heterocycles. The van der Waals surface area contributed by atoms with Crippen molar-refractivity contribution < 1.29 is 14.6 Å². The van der Waals surface area contributed by atoms with E-state index in [1.54, 1.807) is 23.1 Å². The number of aromatic hydroxyl groups is 1. The van der Waals surface area contributed by atoms with Gasteiger partial charge in [-0.05, 0) is 43.5 Å². The molecule has 0 bridgehead atoms. The molecule has 0 fully saturated rings. The van der Waals surface area contributed by atoms with Crippen LogP contribution in [0.1, 0.15) is 31.9 Å². The molecule has 0 aliphatic carbocycles. The molecule has 1 N–H and O–H groups in total. The number of nitrogens with zero attached hydrogens (tertiary/aromatic N) is 1. The van der Waals surface area contributed by atoms with Crippen LogP contribution < -0.4 is 9.64 Å². The highest BCUT2D eigenvalue weighted by Gasteiger charge is 2.36. The quantitative estimate of drug-likeness (QED) is 0.932. The second-order valence-electron chi connectivity index (χ2n) is 6.43. The minimum atomic E-state index is -0.545. The maximum atomic E-state index is 12.9. The molecule has 1 aliphatic heterocycles. The van der Waals surface area contributed by atoms with E-state index in [0.717, 1.165) is 12.0 Å². The summed E-state index contributed by atoms with van der Waals surface area (Å²) in [6.45, 7) is 6.05. The minimum Gasteiger partial charge on any atom is -0.508 e. The molecule has 4 nitrogen and oxygen atoms in total. The first-order valence-electron chi connectivity index (χ1n) is 8.40. The number of benzene rings is 2. The lowest BCUT2D eigenvalue weighted by molar-refractivity contribution is -0.126. The Kier molecular flexibility index (Phi) is 4.47. The van der Waals surface area contributed by atoms with Crippen LogP contribution >= 0.6 is 0 Å².